The summed E-state index contributed by atoms with van der Waals surface area (Å²) >= 11 is 0. The molecule has 0 aliphatic heterocycles. The first-order valence-corrected chi connectivity index (χ1v) is 5.91. The zero-order chi connectivity index (χ0) is 12.4. The summed E-state index contributed by atoms with van der Waals surface area (Å²) in [5, 5.41) is 3.31. The molecule has 0 fully saturated rings. The number of anilines is 1. The number of benzene rings is 1. The fourth-order valence-electron chi connectivity index (χ4n) is 1.88. The molecule has 0 radical (unpaired) electrons. The minimum atomic E-state index is 0.666. The molecular formula is C14H14N4. The van der Waals surface area contributed by atoms with Crippen LogP contribution in [0.3, 0.4) is 0 Å². The number of para-hydroxylation sites is 1. The molecule has 0 bridgehead atoms. The first-order chi connectivity index (χ1) is 8.81. The standard InChI is InChI=1S/C14H14N4/c1-10-7-12-14(16-8-10)18-13(17-12)9-15-11-5-3-2-4-6-11/h2-8,15H,9H2,1H3,(H,16,17,18). The van der Waals surface area contributed by atoms with Crippen LogP contribution in [-0.2, 0) is 6.54 Å². The van der Waals surface area contributed by atoms with Crippen LogP contribution in [0.2, 0.25) is 0 Å². The normalized spacial score (nSPS) is 10.7. The van der Waals surface area contributed by atoms with Gasteiger partial charge in [0.1, 0.15) is 5.82 Å². The van der Waals surface area contributed by atoms with Gasteiger partial charge in [0, 0.05) is 11.9 Å². The smallest absolute Gasteiger partial charge is 0.177 e. The Kier molecular flexibility index (Phi) is 2.68. The average Bonchev–Trinajstić information content (AvgIpc) is 2.79. The van der Waals surface area contributed by atoms with Crippen LogP contribution < -0.4 is 5.32 Å². The predicted molar refractivity (Wildman–Crippen MR) is 72.4 cm³/mol. The lowest BCUT2D eigenvalue weighted by Crippen LogP contribution is -2.00. The van der Waals surface area contributed by atoms with Crippen molar-refractivity contribution < 1.29 is 0 Å². The number of hydrogen-bond donors (Lipinski definition) is 2. The quantitative estimate of drug-likeness (QED) is 0.737. The van der Waals surface area contributed by atoms with Crippen LogP contribution in [0.5, 0.6) is 0 Å². The molecule has 2 N–H and O–H groups in total. The second-order valence-corrected chi connectivity index (χ2v) is 4.29. The lowest BCUT2D eigenvalue weighted by Gasteiger charge is -2.02. The van der Waals surface area contributed by atoms with E-state index < -0.39 is 0 Å². The van der Waals surface area contributed by atoms with E-state index >= 15 is 0 Å². The van der Waals surface area contributed by atoms with Crippen LogP contribution in [0.4, 0.5) is 5.69 Å². The van der Waals surface area contributed by atoms with Crippen LogP contribution in [-0.4, -0.2) is 15.0 Å². The van der Waals surface area contributed by atoms with Crippen molar-refractivity contribution in [3.63, 3.8) is 0 Å². The zero-order valence-electron chi connectivity index (χ0n) is 10.1. The second kappa shape index (κ2) is 4.49. The number of fused-ring (bicyclic) bond motifs is 1. The van der Waals surface area contributed by atoms with E-state index in [0.29, 0.717) is 6.54 Å². The molecule has 3 aromatic rings. The first-order valence-electron chi connectivity index (χ1n) is 5.91. The molecule has 2 aromatic heterocycles. The van der Waals surface area contributed by atoms with Gasteiger partial charge in [-0.1, -0.05) is 18.2 Å². The second-order valence-electron chi connectivity index (χ2n) is 4.29. The molecule has 0 saturated carbocycles. The van der Waals surface area contributed by atoms with Gasteiger partial charge in [0.15, 0.2) is 5.65 Å². The molecule has 90 valence electrons. The maximum Gasteiger partial charge on any atom is 0.177 e. The average molecular weight is 238 g/mol. The summed E-state index contributed by atoms with van der Waals surface area (Å²) in [6.07, 6.45) is 1.83. The van der Waals surface area contributed by atoms with Gasteiger partial charge < -0.3 is 10.3 Å². The van der Waals surface area contributed by atoms with E-state index in [4.69, 9.17) is 0 Å². The van der Waals surface area contributed by atoms with Crippen LogP contribution >= 0.6 is 0 Å². The summed E-state index contributed by atoms with van der Waals surface area (Å²) in [5.74, 6) is 0.895. The molecule has 0 atom stereocenters. The van der Waals surface area contributed by atoms with Crippen LogP contribution in [0.15, 0.2) is 42.6 Å². The van der Waals surface area contributed by atoms with Gasteiger partial charge in [0.05, 0.1) is 12.1 Å². The van der Waals surface area contributed by atoms with Crippen LogP contribution in [0.1, 0.15) is 11.4 Å². The van der Waals surface area contributed by atoms with Gasteiger partial charge in [-0.3, -0.25) is 0 Å². The summed E-state index contributed by atoms with van der Waals surface area (Å²) in [6.45, 7) is 2.69. The number of aryl methyl sites for hydroxylation is 1. The van der Waals surface area contributed by atoms with Crippen molar-refractivity contribution in [2.75, 3.05) is 5.32 Å². The molecule has 4 heteroatoms. The molecule has 0 amide bonds. The third kappa shape index (κ3) is 2.18. The lowest BCUT2D eigenvalue weighted by molar-refractivity contribution is 1.01. The van der Waals surface area contributed by atoms with Crippen molar-refractivity contribution in [2.45, 2.75) is 13.5 Å². The number of imidazole rings is 1. The highest BCUT2D eigenvalue weighted by Gasteiger charge is 2.03. The summed E-state index contributed by atoms with van der Waals surface area (Å²) in [7, 11) is 0. The van der Waals surface area contributed by atoms with Gasteiger partial charge in [-0.15, -0.1) is 0 Å². The summed E-state index contributed by atoms with van der Waals surface area (Å²) < 4.78 is 0. The summed E-state index contributed by atoms with van der Waals surface area (Å²) in [4.78, 5) is 12.0. The molecular weight excluding hydrogens is 224 g/mol. The molecule has 1 aromatic carbocycles. The highest BCUT2D eigenvalue weighted by molar-refractivity contribution is 5.71. The SMILES string of the molecule is Cc1cnc2nc(CNc3ccccc3)[nH]c2c1. The van der Waals surface area contributed by atoms with Crippen LogP contribution in [0, 0.1) is 6.92 Å². The van der Waals surface area contributed by atoms with Crippen molar-refractivity contribution >= 4 is 16.9 Å². The van der Waals surface area contributed by atoms with E-state index in [9.17, 15) is 0 Å². The maximum atomic E-state index is 4.44. The van der Waals surface area contributed by atoms with Gasteiger partial charge in [0.2, 0.25) is 0 Å². The molecule has 2 heterocycles. The van der Waals surface area contributed by atoms with E-state index in [0.717, 1.165) is 28.2 Å². The van der Waals surface area contributed by atoms with Crippen LogP contribution in [0.25, 0.3) is 11.2 Å². The van der Waals surface area contributed by atoms with Crippen molar-refractivity contribution in [2.24, 2.45) is 0 Å². The molecule has 18 heavy (non-hydrogen) atoms. The molecule has 3 rings (SSSR count). The predicted octanol–water partition coefficient (Wildman–Crippen LogP) is 2.88. The Hall–Kier alpha value is -2.36. The van der Waals surface area contributed by atoms with E-state index in [1.807, 2.05) is 43.5 Å². The molecule has 0 spiro atoms. The Morgan fingerprint density at radius 2 is 2.06 bits per heavy atom. The Morgan fingerprint density at radius 1 is 1.22 bits per heavy atom. The van der Waals surface area contributed by atoms with Gasteiger partial charge in [-0.25, -0.2) is 9.97 Å². The maximum absolute atomic E-state index is 4.44. The van der Waals surface area contributed by atoms with Gasteiger partial charge >= 0.3 is 0 Å². The Balaban J connectivity index is 1.79. The van der Waals surface area contributed by atoms with Crippen molar-refractivity contribution in [1.82, 2.24) is 15.0 Å². The molecule has 0 saturated heterocycles. The first kappa shape index (κ1) is 10.8. The lowest BCUT2D eigenvalue weighted by atomic mass is 10.3. The Morgan fingerprint density at radius 3 is 2.89 bits per heavy atom. The highest BCUT2D eigenvalue weighted by atomic mass is 15.0. The third-order valence-corrected chi connectivity index (χ3v) is 2.76. The Bertz CT molecular complexity index is 658. The fourth-order valence-corrected chi connectivity index (χ4v) is 1.88. The molecule has 4 nitrogen and oxygen atoms in total. The fraction of sp³-hybridized carbons (Fsp3) is 0.143. The molecule has 0 aliphatic carbocycles. The monoisotopic (exact) mass is 238 g/mol. The Labute approximate surface area is 105 Å². The largest absolute Gasteiger partial charge is 0.378 e. The van der Waals surface area contributed by atoms with Gasteiger partial charge in [-0.2, -0.15) is 0 Å². The van der Waals surface area contributed by atoms with E-state index in [-0.39, 0.29) is 0 Å². The third-order valence-electron chi connectivity index (χ3n) is 2.76. The summed E-state index contributed by atoms with van der Waals surface area (Å²) in [6, 6.07) is 12.1. The van der Waals surface area contributed by atoms with Crippen molar-refractivity contribution in [3.05, 3.63) is 54.0 Å². The number of rotatable bonds is 3. The van der Waals surface area contributed by atoms with E-state index in [1.54, 1.807) is 0 Å². The minimum absolute atomic E-state index is 0.666. The van der Waals surface area contributed by atoms with Gasteiger partial charge in [0.25, 0.3) is 0 Å². The topological polar surface area (TPSA) is 53.6 Å². The minimum Gasteiger partial charge on any atom is -0.378 e. The van der Waals surface area contributed by atoms with Crippen molar-refractivity contribution in [3.8, 4) is 0 Å². The van der Waals surface area contributed by atoms with Crippen molar-refractivity contribution in [1.29, 1.82) is 0 Å². The van der Waals surface area contributed by atoms with E-state index in [2.05, 4.69) is 26.3 Å². The number of nitrogens with one attached hydrogen (secondary N) is 2. The van der Waals surface area contributed by atoms with E-state index in [1.165, 1.54) is 0 Å². The molecule has 0 aliphatic rings. The molecule has 0 unspecified atom stereocenters. The number of aromatic nitrogens is 3. The number of H-pyrrole nitrogens is 1. The highest BCUT2D eigenvalue weighted by Crippen LogP contribution is 2.12. The number of pyridine rings is 1. The number of aromatic amines is 1. The number of hydrogen-bond acceptors (Lipinski definition) is 3. The van der Waals surface area contributed by atoms with Gasteiger partial charge in [-0.05, 0) is 30.7 Å². The summed E-state index contributed by atoms with van der Waals surface area (Å²) in [5.41, 5.74) is 3.97. The number of nitrogens with zero attached hydrogens (tertiary/aromatic N) is 2. The zero-order valence-corrected chi connectivity index (χ0v) is 10.1.